The third-order valence-electron chi connectivity index (χ3n) is 5.85. The van der Waals surface area contributed by atoms with Gasteiger partial charge in [0.1, 0.15) is 23.1 Å². The Morgan fingerprint density at radius 1 is 1.36 bits per heavy atom. The van der Waals surface area contributed by atoms with Crippen LogP contribution in [0.2, 0.25) is 5.15 Å². The highest BCUT2D eigenvalue weighted by molar-refractivity contribution is 7.70. The number of anilines is 1. The van der Waals surface area contributed by atoms with E-state index >= 15 is 0 Å². The highest BCUT2D eigenvalue weighted by Gasteiger charge is 2.46. The third-order valence-corrected chi connectivity index (χ3v) is 9.50. The molecule has 0 aliphatic carbocycles. The van der Waals surface area contributed by atoms with Crippen molar-refractivity contribution in [2.75, 3.05) is 17.8 Å². The number of hydrogen-bond acceptors (Lipinski definition) is 9. The molecule has 0 spiro atoms. The van der Waals surface area contributed by atoms with Gasteiger partial charge in [-0.3, -0.25) is 9.13 Å². The van der Waals surface area contributed by atoms with Crippen molar-refractivity contribution in [1.82, 2.24) is 14.8 Å². The predicted molar refractivity (Wildman–Crippen MR) is 137 cm³/mol. The van der Waals surface area contributed by atoms with Crippen LogP contribution in [0.5, 0.6) is 0 Å². The lowest BCUT2D eigenvalue weighted by molar-refractivity contribution is -0.0441. The van der Waals surface area contributed by atoms with Crippen LogP contribution in [0.15, 0.2) is 41.6 Å². The van der Waals surface area contributed by atoms with Gasteiger partial charge in [-0.1, -0.05) is 34.9 Å². The highest BCUT2D eigenvalue weighted by atomic mass is 35.5. The number of nitrogens with zero attached hydrogens (tertiary/aromatic N) is 6. The molecule has 0 bridgehead atoms. The number of fused-ring (bicyclic) bond motifs is 1. The van der Waals surface area contributed by atoms with E-state index in [-0.39, 0.29) is 10.8 Å². The molecule has 19 heteroatoms. The number of nitrogens with one attached hydrogen (secondary N) is 1. The Kier molecular flexibility index (Phi) is 8.64. The maximum absolute atomic E-state index is 14.3. The third kappa shape index (κ3) is 6.76. The Bertz CT molecular complexity index is 1520. The topological polar surface area (TPSA) is 225 Å². The van der Waals surface area contributed by atoms with Crippen molar-refractivity contribution in [3.05, 3.63) is 63.5 Å². The Morgan fingerprint density at radius 3 is 2.74 bits per heavy atom. The zero-order valence-electron chi connectivity index (χ0n) is 20.0. The standard InChI is InChI=1S/C20H23ClFN7O8P2/c1-10(11-4-2-3-5-13(11)22)25-14-6-16(21)26-19-12(14)7-24-29(19)20-17(27-28-23)18(30)15(37-20)8-36-39(34,35)9-38(31,32)33/h2-7,10,15,17-18,20,30H,8-9H2,1H3,(H,25,26)(H,34,35)(H2,31,32,33)/t10-,15+,17-,18+,20+/m0/s1. The van der Waals surface area contributed by atoms with Crippen LogP contribution in [0, 0.1) is 5.82 Å². The summed E-state index contributed by atoms with van der Waals surface area (Å²) in [6.07, 6.45) is -2.77. The summed E-state index contributed by atoms with van der Waals surface area (Å²) >= 11 is 6.25. The zero-order chi connectivity index (χ0) is 28.5. The molecular formula is C20H23ClFN7O8P2. The second-order valence-corrected chi connectivity index (χ2v) is 13.1. The normalized spacial score (nSPS) is 23.8. The first kappa shape index (κ1) is 29.4. The molecule has 15 nitrogen and oxygen atoms in total. The Hall–Kier alpha value is -2.61. The van der Waals surface area contributed by atoms with Crippen LogP contribution in [0.3, 0.4) is 0 Å². The van der Waals surface area contributed by atoms with Gasteiger partial charge in [0.2, 0.25) is 0 Å². The fraction of sp³-hybridized carbons (Fsp3) is 0.400. The number of rotatable bonds is 10. The van der Waals surface area contributed by atoms with Crippen molar-refractivity contribution >= 4 is 43.5 Å². The maximum atomic E-state index is 14.3. The van der Waals surface area contributed by atoms with Gasteiger partial charge in [0.05, 0.1) is 36.0 Å². The molecule has 6 atom stereocenters. The monoisotopic (exact) mass is 605 g/mol. The van der Waals surface area contributed by atoms with Crippen molar-refractivity contribution in [3.63, 3.8) is 0 Å². The van der Waals surface area contributed by atoms with Crippen molar-refractivity contribution < 1.29 is 42.6 Å². The number of hydrogen-bond donors (Lipinski definition) is 5. The van der Waals surface area contributed by atoms with Gasteiger partial charge in [0.25, 0.3) is 0 Å². The van der Waals surface area contributed by atoms with Crippen LogP contribution < -0.4 is 5.32 Å². The van der Waals surface area contributed by atoms with E-state index in [9.17, 15) is 23.5 Å². The molecule has 1 fully saturated rings. The minimum absolute atomic E-state index is 0.0323. The SMILES string of the molecule is C[C@H](Nc1cc(Cl)nc2c1cnn2[C@@H]1O[C@H](COP(=O)(O)CP(=O)(O)O)[C@@H](O)[C@@H]1N=[N+]=[N-])c1ccccc1F. The number of benzene rings is 1. The van der Waals surface area contributed by atoms with Gasteiger partial charge >= 0.3 is 15.2 Å². The van der Waals surface area contributed by atoms with E-state index in [4.69, 9.17) is 36.2 Å². The van der Waals surface area contributed by atoms with E-state index in [1.54, 1.807) is 25.1 Å². The van der Waals surface area contributed by atoms with Gasteiger partial charge in [-0.2, -0.15) is 5.10 Å². The van der Waals surface area contributed by atoms with Gasteiger partial charge in [-0.25, -0.2) is 14.1 Å². The number of aromatic nitrogens is 3. The van der Waals surface area contributed by atoms with Crippen LogP contribution in [-0.2, 0) is 18.4 Å². The minimum atomic E-state index is -4.88. The Morgan fingerprint density at radius 2 is 2.08 bits per heavy atom. The van der Waals surface area contributed by atoms with Gasteiger partial charge in [0.15, 0.2) is 17.8 Å². The summed E-state index contributed by atoms with van der Waals surface area (Å²) in [5.74, 6) is -1.84. The largest absolute Gasteiger partial charge is 0.390 e. The number of aliphatic hydroxyl groups excluding tert-OH is 1. The molecule has 0 radical (unpaired) electrons. The smallest absolute Gasteiger partial charge is 0.340 e. The van der Waals surface area contributed by atoms with Crippen molar-refractivity contribution in [2.45, 2.75) is 37.4 Å². The number of aliphatic hydroxyl groups is 1. The number of pyridine rings is 1. The lowest BCUT2D eigenvalue weighted by Crippen LogP contribution is -2.32. The van der Waals surface area contributed by atoms with E-state index < -0.39 is 64.0 Å². The molecule has 210 valence electrons. The van der Waals surface area contributed by atoms with E-state index in [0.717, 1.165) is 0 Å². The molecule has 39 heavy (non-hydrogen) atoms. The van der Waals surface area contributed by atoms with Crippen molar-refractivity contribution in [2.24, 2.45) is 5.11 Å². The average Bonchev–Trinajstić information content (AvgIpc) is 3.38. The summed E-state index contributed by atoms with van der Waals surface area (Å²) in [7, 11) is -9.63. The van der Waals surface area contributed by atoms with Crippen LogP contribution in [-0.4, -0.2) is 65.3 Å². The van der Waals surface area contributed by atoms with Crippen LogP contribution in [0.25, 0.3) is 21.5 Å². The summed E-state index contributed by atoms with van der Waals surface area (Å²) in [4.78, 5) is 34.6. The molecular weight excluding hydrogens is 583 g/mol. The molecule has 1 aromatic carbocycles. The lowest BCUT2D eigenvalue weighted by Gasteiger charge is -2.19. The first-order valence-electron chi connectivity index (χ1n) is 11.2. The molecule has 3 aromatic rings. The number of halogens is 2. The summed E-state index contributed by atoms with van der Waals surface area (Å²) in [5.41, 5.74) is 10.0. The first-order chi connectivity index (χ1) is 18.3. The fourth-order valence-corrected chi connectivity index (χ4v) is 6.91. The summed E-state index contributed by atoms with van der Waals surface area (Å²) in [6.45, 7) is 0.983. The average molecular weight is 606 g/mol. The molecule has 0 amide bonds. The molecule has 1 aliphatic heterocycles. The molecule has 3 heterocycles. The van der Waals surface area contributed by atoms with Gasteiger partial charge in [-0.05, 0) is 24.6 Å². The van der Waals surface area contributed by atoms with E-state index in [2.05, 4.69) is 25.4 Å². The fourth-order valence-electron chi connectivity index (χ4n) is 4.15. The predicted octanol–water partition coefficient (Wildman–Crippen LogP) is 3.67. The molecule has 1 saturated heterocycles. The maximum Gasteiger partial charge on any atom is 0.340 e. The van der Waals surface area contributed by atoms with Crippen LogP contribution in [0.1, 0.15) is 24.8 Å². The summed E-state index contributed by atoms with van der Waals surface area (Å²) < 4.78 is 49.1. The lowest BCUT2D eigenvalue weighted by atomic mass is 10.1. The van der Waals surface area contributed by atoms with E-state index in [0.29, 0.717) is 16.6 Å². The summed E-state index contributed by atoms with van der Waals surface area (Å²) in [5, 5.41) is 22.1. The van der Waals surface area contributed by atoms with Gasteiger partial charge < -0.3 is 34.4 Å². The molecule has 1 unspecified atom stereocenters. The van der Waals surface area contributed by atoms with Crippen molar-refractivity contribution in [3.8, 4) is 0 Å². The van der Waals surface area contributed by atoms with E-state index in [1.165, 1.54) is 23.0 Å². The van der Waals surface area contributed by atoms with Gasteiger partial charge in [0, 0.05) is 10.5 Å². The first-order valence-corrected chi connectivity index (χ1v) is 15.2. The van der Waals surface area contributed by atoms with Crippen LogP contribution >= 0.6 is 26.8 Å². The number of ether oxygens (including phenoxy) is 1. The minimum Gasteiger partial charge on any atom is -0.390 e. The Labute approximate surface area is 224 Å². The second-order valence-electron chi connectivity index (χ2n) is 8.70. The molecule has 1 aliphatic rings. The van der Waals surface area contributed by atoms with E-state index in [1.807, 2.05) is 0 Å². The van der Waals surface area contributed by atoms with Gasteiger partial charge in [-0.15, -0.1) is 0 Å². The summed E-state index contributed by atoms with van der Waals surface area (Å²) in [6, 6.07) is 5.96. The zero-order valence-corrected chi connectivity index (χ0v) is 22.6. The highest BCUT2D eigenvalue weighted by Crippen LogP contribution is 2.55. The molecule has 0 saturated carbocycles. The number of azide groups is 1. The molecule has 4 rings (SSSR count). The second kappa shape index (κ2) is 11.5. The molecule has 5 N–H and O–H groups in total. The van der Waals surface area contributed by atoms with Crippen LogP contribution in [0.4, 0.5) is 10.1 Å². The Balaban J connectivity index is 1.62. The quantitative estimate of drug-likeness (QED) is 0.0736. The van der Waals surface area contributed by atoms with Crippen molar-refractivity contribution in [1.29, 1.82) is 0 Å². The molecule has 2 aromatic heterocycles.